The number of aromatic nitrogens is 1. The summed E-state index contributed by atoms with van der Waals surface area (Å²) in [5, 5.41) is 5.18. The monoisotopic (exact) mass is 255 g/mol. The molecule has 0 aliphatic carbocycles. The Bertz CT molecular complexity index is 390. The van der Waals surface area contributed by atoms with Gasteiger partial charge in [0, 0.05) is 18.5 Å². The van der Waals surface area contributed by atoms with Crippen molar-refractivity contribution in [3.8, 4) is 0 Å². The Balaban J connectivity index is 2.23. The average molecular weight is 255 g/mol. The van der Waals surface area contributed by atoms with E-state index in [9.17, 15) is 4.79 Å². The quantitative estimate of drug-likeness (QED) is 0.561. The van der Waals surface area contributed by atoms with Crippen molar-refractivity contribution in [2.75, 3.05) is 19.8 Å². The molecular weight excluding hydrogens is 238 g/mol. The van der Waals surface area contributed by atoms with Crippen LogP contribution in [-0.4, -0.2) is 30.6 Å². The lowest BCUT2D eigenvalue weighted by molar-refractivity contribution is 0.0922. The van der Waals surface area contributed by atoms with Crippen molar-refractivity contribution >= 4 is 17.2 Å². The Hall–Kier alpha value is -1.24. The second-order valence-electron chi connectivity index (χ2n) is 3.60. The lowest BCUT2D eigenvalue weighted by Gasteiger charge is -2.04. The van der Waals surface area contributed by atoms with Gasteiger partial charge in [0.1, 0.15) is 10.7 Å². The second kappa shape index (κ2) is 7.16. The predicted molar refractivity (Wildman–Crippen MR) is 68.0 cm³/mol. The Labute approximate surface area is 105 Å². The minimum Gasteiger partial charge on any atom is -0.375 e. The highest BCUT2D eigenvalue weighted by atomic mass is 32.1. The van der Waals surface area contributed by atoms with Gasteiger partial charge in [-0.2, -0.15) is 0 Å². The van der Waals surface area contributed by atoms with Gasteiger partial charge in [-0.15, -0.1) is 11.3 Å². The van der Waals surface area contributed by atoms with Crippen LogP contribution in [0.4, 0.5) is 0 Å². The molecule has 1 rings (SSSR count). The summed E-state index contributed by atoms with van der Waals surface area (Å²) >= 11 is 1.39. The molecule has 6 heteroatoms. The van der Waals surface area contributed by atoms with Crippen LogP contribution in [0.3, 0.4) is 0 Å². The second-order valence-corrected chi connectivity index (χ2v) is 4.54. The van der Waals surface area contributed by atoms with E-state index in [0.717, 1.165) is 10.6 Å². The molecule has 1 aromatic heterocycles. The lowest BCUT2D eigenvalue weighted by Crippen LogP contribution is -2.27. The zero-order valence-corrected chi connectivity index (χ0v) is 10.7. The number of ether oxygens (including phenoxy) is 1. The standard InChI is InChI=1S/C11H17N3O2S/c1-8(2)6-16-4-3-13-11(15)9-7-17-10(5-12)14-9/h7H,1,3-6,12H2,2H3,(H,13,15). The number of carbonyl (C=O) groups is 1. The molecule has 0 aromatic carbocycles. The minimum absolute atomic E-state index is 0.195. The van der Waals surface area contributed by atoms with Crippen LogP contribution in [0, 0.1) is 0 Å². The first-order chi connectivity index (χ1) is 8.13. The third-order valence-electron chi connectivity index (χ3n) is 1.84. The van der Waals surface area contributed by atoms with Gasteiger partial charge in [0.2, 0.25) is 0 Å². The van der Waals surface area contributed by atoms with Crippen molar-refractivity contribution in [1.29, 1.82) is 0 Å². The van der Waals surface area contributed by atoms with E-state index in [-0.39, 0.29) is 5.91 Å². The molecule has 0 fully saturated rings. The molecule has 0 bridgehead atoms. The molecule has 5 nitrogen and oxygen atoms in total. The first-order valence-electron chi connectivity index (χ1n) is 5.28. The largest absolute Gasteiger partial charge is 0.375 e. The molecule has 0 aliphatic rings. The maximum atomic E-state index is 11.6. The molecule has 0 saturated heterocycles. The van der Waals surface area contributed by atoms with Gasteiger partial charge in [-0.05, 0) is 6.92 Å². The number of carbonyl (C=O) groups excluding carboxylic acids is 1. The summed E-state index contributed by atoms with van der Waals surface area (Å²) in [7, 11) is 0. The summed E-state index contributed by atoms with van der Waals surface area (Å²) < 4.78 is 5.26. The van der Waals surface area contributed by atoms with Crippen LogP contribution >= 0.6 is 11.3 Å². The molecule has 0 atom stereocenters. The van der Waals surface area contributed by atoms with Gasteiger partial charge in [0.15, 0.2) is 0 Å². The molecule has 17 heavy (non-hydrogen) atoms. The van der Waals surface area contributed by atoms with Gasteiger partial charge < -0.3 is 15.8 Å². The summed E-state index contributed by atoms with van der Waals surface area (Å²) in [4.78, 5) is 15.7. The number of nitrogens with two attached hydrogens (primary N) is 1. The van der Waals surface area contributed by atoms with E-state index in [1.54, 1.807) is 5.38 Å². The lowest BCUT2D eigenvalue weighted by atomic mass is 10.4. The van der Waals surface area contributed by atoms with Gasteiger partial charge in [-0.25, -0.2) is 4.98 Å². The first kappa shape index (κ1) is 13.8. The van der Waals surface area contributed by atoms with E-state index in [4.69, 9.17) is 10.5 Å². The molecule has 0 aliphatic heterocycles. The SMILES string of the molecule is C=C(C)COCCNC(=O)c1csc(CN)n1. The Morgan fingerprint density at radius 1 is 1.71 bits per heavy atom. The van der Waals surface area contributed by atoms with Crippen molar-refractivity contribution in [3.05, 3.63) is 28.2 Å². The number of thiazole rings is 1. The van der Waals surface area contributed by atoms with Gasteiger partial charge in [-0.1, -0.05) is 12.2 Å². The number of hydrogen-bond donors (Lipinski definition) is 2. The molecule has 0 unspecified atom stereocenters. The van der Waals surface area contributed by atoms with Gasteiger partial charge in [0.05, 0.1) is 13.2 Å². The van der Waals surface area contributed by atoms with Crippen molar-refractivity contribution in [1.82, 2.24) is 10.3 Å². The smallest absolute Gasteiger partial charge is 0.270 e. The van der Waals surface area contributed by atoms with E-state index in [1.165, 1.54) is 11.3 Å². The van der Waals surface area contributed by atoms with Crippen LogP contribution in [0.25, 0.3) is 0 Å². The number of hydrogen-bond acceptors (Lipinski definition) is 5. The zero-order chi connectivity index (χ0) is 12.7. The molecular formula is C11H17N3O2S. The summed E-state index contributed by atoms with van der Waals surface area (Å²) in [6.07, 6.45) is 0. The van der Waals surface area contributed by atoms with Crippen LogP contribution in [0.15, 0.2) is 17.5 Å². The van der Waals surface area contributed by atoms with Crippen molar-refractivity contribution < 1.29 is 9.53 Å². The minimum atomic E-state index is -0.195. The van der Waals surface area contributed by atoms with Crippen LogP contribution < -0.4 is 11.1 Å². The van der Waals surface area contributed by atoms with E-state index < -0.39 is 0 Å². The van der Waals surface area contributed by atoms with Crippen molar-refractivity contribution in [2.24, 2.45) is 5.73 Å². The maximum absolute atomic E-state index is 11.6. The number of rotatable bonds is 7. The third-order valence-corrected chi connectivity index (χ3v) is 2.71. The summed E-state index contributed by atoms with van der Waals surface area (Å²) in [5.41, 5.74) is 6.79. The Morgan fingerprint density at radius 2 is 2.47 bits per heavy atom. The van der Waals surface area contributed by atoms with E-state index in [2.05, 4.69) is 16.9 Å². The maximum Gasteiger partial charge on any atom is 0.270 e. The fourth-order valence-corrected chi connectivity index (χ4v) is 1.74. The highest BCUT2D eigenvalue weighted by Gasteiger charge is 2.08. The Morgan fingerprint density at radius 3 is 3.06 bits per heavy atom. The predicted octanol–water partition coefficient (Wildman–Crippen LogP) is 0.924. The molecule has 1 aromatic rings. The van der Waals surface area contributed by atoms with E-state index >= 15 is 0 Å². The van der Waals surface area contributed by atoms with Crippen molar-refractivity contribution in [3.63, 3.8) is 0 Å². The Kier molecular flexibility index (Phi) is 5.82. The number of amides is 1. The fraction of sp³-hybridized carbons (Fsp3) is 0.455. The van der Waals surface area contributed by atoms with Gasteiger partial charge in [-0.3, -0.25) is 4.79 Å². The summed E-state index contributed by atoms with van der Waals surface area (Å²) in [6, 6.07) is 0. The molecule has 0 radical (unpaired) electrons. The molecule has 94 valence electrons. The van der Waals surface area contributed by atoms with Crippen LogP contribution in [0.1, 0.15) is 22.4 Å². The summed E-state index contributed by atoms with van der Waals surface area (Å²) in [6.45, 7) is 7.41. The van der Waals surface area contributed by atoms with Crippen molar-refractivity contribution in [2.45, 2.75) is 13.5 Å². The molecule has 1 heterocycles. The van der Waals surface area contributed by atoms with Gasteiger partial charge in [0.25, 0.3) is 5.91 Å². The molecule has 3 N–H and O–H groups in total. The van der Waals surface area contributed by atoms with E-state index in [1.807, 2.05) is 6.92 Å². The molecule has 1 amide bonds. The van der Waals surface area contributed by atoms with Gasteiger partial charge >= 0.3 is 0 Å². The zero-order valence-electron chi connectivity index (χ0n) is 9.86. The van der Waals surface area contributed by atoms with Crippen LogP contribution in [0.2, 0.25) is 0 Å². The average Bonchev–Trinajstić information content (AvgIpc) is 2.76. The van der Waals surface area contributed by atoms with Crippen LogP contribution in [0.5, 0.6) is 0 Å². The highest BCUT2D eigenvalue weighted by Crippen LogP contribution is 2.08. The van der Waals surface area contributed by atoms with Crippen LogP contribution in [-0.2, 0) is 11.3 Å². The number of nitrogens with zero attached hydrogens (tertiary/aromatic N) is 1. The third kappa shape index (κ3) is 5.08. The number of nitrogens with one attached hydrogen (secondary N) is 1. The topological polar surface area (TPSA) is 77.2 Å². The van der Waals surface area contributed by atoms with E-state index in [0.29, 0.717) is 32.0 Å². The molecule has 0 saturated carbocycles. The first-order valence-corrected chi connectivity index (χ1v) is 6.16. The normalized spacial score (nSPS) is 10.2. The fourth-order valence-electron chi connectivity index (χ4n) is 1.08. The molecule has 0 spiro atoms. The highest BCUT2D eigenvalue weighted by molar-refractivity contribution is 7.09. The summed E-state index contributed by atoms with van der Waals surface area (Å²) in [5.74, 6) is -0.195.